The van der Waals surface area contributed by atoms with Crippen LogP contribution < -0.4 is 10.2 Å². The van der Waals surface area contributed by atoms with Gasteiger partial charge in [0.15, 0.2) is 0 Å². The Balaban J connectivity index is 1.70. The number of benzene rings is 3. The van der Waals surface area contributed by atoms with Crippen LogP contribution in [0, 0.1) is 0 Å². The van der Waals surface area contributed by atoms with Crippen LogP contribution in [0.25, 0.3) is 22.0 Å². The number of hydrogen-bond donors (Lipinski definition) is 2. The van der Waals surface area contributed by atoms with E-state index in [0.717, 1.165) is 37.8 Å². The zero-order valence-electron chi connectivity index (χ0n) is 15.6. The standard InChI is InChI=1S/C23H18BrN3O2/c1-29-18-11-12-20-19(13-18)21(16-5-3-2-4-6-16)22(26-20)23(28)27-25-14-15-7-9-17(24)10-8-15/h2-14,26H,1H3,(H,27,28)/b25-14-. The van der Waals surface area contributed by atoms with E-state index in [1.807, 2.05) is 72.8 Å². The van der Waals surface area contributed by atoms with Crippen molar-refractivity contribution in [2.24, 2.45) is 5.10 Å². The topological polar surface area (TPSA) is 66.5 Å². The van der Waals surface area contributed by atoms with Gasteiger partial charge < -0.3 is 9.72 Å². The van der Waals surface area contributed by atoms with Gasteiger partial charge in [0.25, 0.3) is 5.91 Å². The van der Waals surface area contributed by atoms with Crippen molar-refractivity contribution in [3.8, 4) is 16.9 Å². The number of amides is 1. The number of aromatic nitrogens is 1. The van der Waals surface area contributed by atoms with Crippen LogP contribution in [0.2, 0.25) is 0 Å². The summed E-state index contributed by atoms with van der Waals surface area (Å²) >= 11 is 3.40. The Hall–Kier alpha value is -3.38. The quantitative estimate of drug-likeness (QED) is 0.319. The van der Waals surface area contributed by atoms with E-state index in [9.17, 15) is 4.79 Å². The Morgan fingerprint density at radius 2 is 1.83 bits per heavy atom. The van der Waals surface area contributed by atoms with E-state index in [1.54, 1.807) is 13.3 Å². The molecule has 5 nitrogen and oxygen atoms in total. The van der Waals surface area contributed by atoms with Gasteiger partial charge in [0, 0.05) is 20.9 Å². The second-order valence-corrected chi connectivity index (χ2v) is 7.32. The summed E-state index contributed by atoms with van der Waals surface area (Å²) in [6, 6.07) is 23.1. The van der Waals surface area contributed by atoms with Crippen molar-refractivity contribution < 1.29 is 9.53 Å². The van der Waals surface area contributed by atoms with Crippen LogP contribution in [0.5, 0.6) is 5.75 Å². The molecule has 0 radical (unpaired) electrons. The molecule has 3 aromatic carbocycles. The maximum Gasteiger partial charge on any atom is 0.288 e. The lowest BCUT2D eigenvalue weighted by molar-refractivity contribution is 0.0951. The molecule has 1 amide bonds. The Bertz CT molecular complexity index is 1180. The van der Waals surface area contributed by atoms with Crippen LogP contribution in [0.3, 0.4) is 0 Å². The highest BCUT2D eigenvalue weighted by Crippen LogP contribution is 2.34. The third-order valence-electron chi connectivity index (χ3n) is 4.54. The number of ether oxygens (including phenoxy) is 1. The fraction of sp³-hybridized carbons (Fsp3) is 0.0435. The van der Waals surface area contributed by atoms with Crippen LogP contribution in [-0.2, 0) is 0 Å². The lowest BCUT2D eigenvalue weighted by Gasteiger charge is -2.05. The largest absolute Gasteiger partial charge is 0.497 e. The van der Waals surface area contributed by atoms with Gasteiger partial charge in [0.1, 0.15) is 11.4 Å². The highest BCUT2D eigenvalue weighted by Gasteiger charge is 2.19. The number of rotatable bonds is 5. The molecule has 2 N–H and O–H groups in total. The fourth-order valence-corrected chi connectivity index (χ4v) is 3.41. The van der Waals surface area contributed by atoms with E-state index in [-0.39, 0.29) is 5.91 Å². The summed E-state index contributed by atoms with van der Waals surface area (Å²) in [6.45, 7) is 0. The van der Waals surface area contributed by atoms with Crippen LogP contribution >= 0.6 is 15.9 Å². The molecular formula is C23H18BrN3O2. The first-order chi connectivity index (χ1) is 14.2. The van der Waals surface area contributed by atoms with Crippen molar-refractivity contribution in [1.29, 1.82) is 0 Å². The van der Waals surface area contributed by atoms with Gasteiger partial charge in [-0.15, -0.1) is 0 Å². The summed E-state index contributed by atoms with van der Waals surface area (Å²) in [7, 11) is 1.63. The second kappa shape index (κ2) is 8.32. The predicted octanol–water partition coefficient (Wildman–Crippen LogP) is 5.37. The van der Waals surface area contributed by atoms with Crippen molar-refractivity contribution in [2.75, 3.05) is 7.11 Å². The Kier molecular flexibility index (Phi) is 5.44. The fourth-order valence-electron chi connectivity index (χ4n) is 3.14. The average Bonchev–Trinajstić information content (AvgIpc) is 3.14. The minimum absolute atomic E-state index is 0.313. The summed E-state index contributed by atoms with van der Waals surface area (Å²) < 4.78 is 6.35. The molecule has 0 unspecified atom stereocenters. The number of carbonyl (C=O) groups is 1. The van der Waals surface area contributed by atoms with Crippen molar-refractivity contribution >= 4 is 39.0 Å². The molecule has 0 saturated heterocycles. The van der Waals surface area contributed by atoms with E-state index < -0.39 is 0 Å². The van der Waals surface area contributed by atoms with Crippen LogP contribution in [-0.4, -0.2) is 24.2 Å². The molecule has 0 aliphatic carbocycles. The summed E-state index contributed by atoms with van der Waals surface area (Å²) in [5.74, 6) is 0.418. The van der Waals surface area contributed by atoms with Crippen LogP contribution in [0.15, 0.2) is 82.4 Å². The first kappa shape index (κ1) is 19.0. The number of nitrogens with zero attached hydrogens (tertiary/aromatic N) is 1. The highest BCUT2D eigenvalue weighted by atomic mass is 79.9. The van der Waals surface area contributed by atoms with Crippen molar-refractivity contribution in [3.05, 3.63) is 88.5 Å². The maximum absolute atomic E-state index is 12.9. The molecule has 0 aliphatic rings. The number of halogens is 1. The monoisotopic (exact) mass is 447 g/mol. The predicted molar refractivity (Wildman–Crippen MR) is 119 cm³/mol. The van der Waals surface area contributed by atoms with Crippen LogP contribution in [0.4, 0.5) is 0 Å². The van der Waals surface area contributed by atoms with Gasteiger partial charge in [-0.25, -0.2) is 5.43 Å². The number of carbonyl (C=O) groups excluding carboxylic acids is 1. The van der Waals surface area contributed by atoms with E-state index >= 15 is 0 Å². The summed E-state index contributed by atoms with van der Waals surface area (Å²) in [5, 5.41) is 5.02. The van der Waals surface area contributed by atoms with Gasteiger partial charge in [-0.1, -0.05) is 58.4 Å². The lowest BCUT2D eigenvalue weighted by atomic mass is 10.0. The van der Waals surface area contributed by atoms with Crippen LogP contribution in [0.1, 0.15) is 16.1 Å². The molecule has 4 aromatic rings. The molecule has 1 heterocycles. The molecule has 144 valence electrons. The third kappa shape index (κ3) is 4.07. The number of hydrogen-bond acceptors (Lipinski definition) is 3. The van der Waals surface area contributed by atoms with Gasteiger partial charge in [-0.05, 0) is 41.5 Å². The molecule has 0 aliphatic heterocycles. The summed E-state index contributed by atoms with van der Waals surface area (Å²) in [4.78, 5) is 16.1. The molecule has 0 bridgehead atoms. The average molecular weight is 448 g/mol. The molecule has 0 saturated carbocycles. The number of hydrazone groups is 1. The number of nitrogens with one attached hydrogen (secondary N) is 2. The zero-order valence-corrected chi connectivity index (χ0v) is 17.2. The number of fused-ring (bicyclic) bond motifs is 1. The first-order valence-corrected chi connectivity index (χ1v) is 9.79. The smallest absolute Gasteiger partial charge is 0.288 e. The second-order valence-electron chi connectivity index (χ2n) is 6.40. The molecule has 1 aromatic heterocycles. The molecule has 29 heavy (non-hydrogen) atoms. The number of H-pyrrole nitrogens is 1. The third-order valence-corrected chi connectivity index (χ3v) is 5.07. The molecule has 4 rings (SSSR count). The van der Waals surface area contributed by atoms with Gasteiger partial charge >= 0.3 is 0 Å². The molecular weight excluding hydrogens is 430 g/mol. The first-order valence-electron chi connectivity index (χ1n) is 9.00. The van der Waals surface area contributed by atoms with Crippen molar-refractivity contribution in [1.82, 2.24) is 10.4 Å². The minimum atomic E-state index is -0.313. The van der Waals surface area contributed by atoms with E-state index in [4.69, 9.17) is 4.74 Å². The normalized spacial score (nSPS) is 11.1. The van der Waals surface area contributed by atoms with Crippen molar-refractivity contribution in [3.63, 3.8) is 0 Å². The van der Waals surface area contributed by atoms with E-state index in [0.29, 0.717) is 5.69 Å². The van der Waals surface area contributed by atoms with Gasteiger partial charge in [-0.2, -0.15) is 5.10 Å². The van der Waals surface area contributed by atoms with Gasteiger partial charge in [-0.3, -0.25) is 4.79 Å². The van der Waals surface area contributed by atoms with Gasteiger partial charge in [0.05, 0.1) is 13.3 Å². The maximum atomic E-state index is 12.9. The highest BCUT2D eigenvalue weighted by molar-refractivity contribution is 9.10. The zero-order chi connectivity index (χ0) is 20.2. The molecule has 6 heteroatoms. The van der Waals surface area contributed by atoms with E-state index in [2.05, 4.69) is 31.4 Å². The minimum Gasteiger partial charge on any atom is -0.497 e. The lowest BCUT2D eigenvalue weighted by Crippen LogP contribution is -2.18. The Morgan fingerprint density at radius 3 is 2.55 bits per heavy atom. The Morgan fingerprint density at radius 1 is 1.07 bits per heavy atom. The summed E-state index contributed by atoms with van der Waals surface area (Å²) in [5.41, 5.74) is 6.56. The number of methoxy groups -OCH3 is 1. The Labute approximate surface area is 176 Å². The molecule has 0 atom stereocenters. The molecule has 0 fully saturated rings. The van der Waals surface area contributed by atoms with Crippen molar-refractivity contribution in [2.45, 2.75) is 0 Å². The van der Waals surface area contributed by atoms with E-state index in [1.165, 1.54) is 0 Å². The SMILES string of the molecule is COc1ccc2[nH]c(C(=O)N/N=C\c3ccc(Br)cc3)c(-c3ccccc3)c2c1. The molecule has 0 spiro atoms. The summed E-state index contributed by atoms with van der Waals surface area (Å²) in [6.07, 6.45) is 1.61. The van der Waals surface area contributed by atoms with Gasteiger partial charge in [0.2, 0.25) is 0 Å². The number of aromatic amines is 1.